The average Bonchev–Trinajstić information content (AvgIpc) is 3.23. The molecule has 5 heteroatoms. The zero-order chi connectivity index (χ0) is 19.2. The highest BCUT2D eigenvalue weighted by Crippen LogP contribution is 2.37. The lowest BCUT2D eigenvalue weighted by Crippen LogP contribution is -2.21. The van der Waals surface area contributed by atoms with Gasteiger partial charge in [-0.05, 0) is 40.8 Å². The Morgan fingerprint density at radius 3 is 2.26 bits per heavy atom. The van der Waals surface area contributed by atoms with Crippen LogP contribution in [0.1, 0.15) is 54.0 Å². The first kappa shape index (κ1) is 17.3. The SMILES string of the molecule is COc1ccc(-c2n[nH]c3c2C(c2ccc(C(C)(C)C)cc2)NC3=O)cc1. The molecule has 2 aromatic carbocycles. The Bertz CT molecular complexity index is 980. The molecule has 0 spiro atoms. The van der Waals surface area contributed by atoms with E-state index in [1.165, 1.54) is 5.56 Å². The minimum absolute atomic E-state index is 0.0898. The van der Waals surface area contributed by atoms with Crippen LogP contribution in [0.5, 0.6) is 5.75 Å². The number of hydrogen-bond donors (Lipinski definition) is 2. The van der Waals surface area contributed by atoms with Gasteiger partial charge in [-0.3, -0.25) is 9.89 Å². The van der Waals surface area contributed by atoms with Crippen LogP contribution in [-0.4, -0.2) is 23.2 Å². The standard InChI is InChI=1S/C22H23N3O2/c1-22(2,3)15-9-5-13(6-10-15)18-17-19(24-25-20(17)21(26)23-18)14-7-11-16(27-4)12-8-14/h5-12,18H,1-4H3,(H,23,26)(H,24,25). The van der Waals surface area contributed by atoms with Crippen LogP contribution in [0.4, 0.5) is 0 Å². The number of ether oxygens (including phenoxy) is 1. The summed E-state index contributed by atoms with van der Waals surface area (Å²) in [6.07, 6.45) is 0. The number of nitrogens with one attached hydrogen (secondary N) is 2. The van der Waals surface area contributed by atoms with Crippen LogP contribution in [0.15, 0.2) is 48.5 Å². The molecule has 3 aromatic rings. The molecule has 138 valence electrons. The van der Waals surface area contributed by atoms with Gasteiger partial charge in [-0.15, -0.1) is 0 Å². The number of fused-ring (bicyclic) bond motifs is 1. The van der Waals surface area contributed by atoms with Crippen molar-refractivity contribution in [1.82, 2.24) is 15.5 Å². The van der Waals surface area contributed by atoms with E-state index in [-0.39, 0.29) is 17.4 Å². The Hall–Kier alpha value is -3.08. The van der Waals surface area contributed by atoms with Gasteiger partial charge in [0.2, 0.25) is 0 Å². The van der Waals surface area contributed by atoms with Gasteiger partial charge < -0.3 is 10.1 Å². The lowest BCUT2D eigenvalue weighted by atomic mass is 9.86. The quantitative estimate of drug-likeness (QED) is 0.734. The maximum Gasteiger partial charge on any atom is 0.270 e. The summed E-state index contributed by atoms with van der Waals surface area (Å²) < 4.78 is 5.23. The van der Waals surface area contributed by atoms with E-state index in [9.17, 15) is 4.79 Å². The third-order valence-electron chi connectivity index (χ3n) is 5.07. The molecule has 5 nitrogen and oxygen atoms in total. The van der Waals surface area contributed by atoms with E-state index in [0.29, 0.717) is 5.69 Å². The van der Waals surface area contributed by atoms with Gasteiger partial charge in [0.05, 0.1) is 18.8 Å². The summed E-state index contributed by atoms with van der Waals surface area (Å²) in [6.45, 7) is 6.57. The molecule has 1 amide bonds. The normalized spacial score (nSPS) is 16.1. The second-order valence-corrected chi connectivity index (χ2v) is 7.87. The fraction of sp³-hybridized carbons (Fsp3) is 0.273. The molecule has 0 bridgehead atoms. The van der Waals surface area contributed by atoms with Gasteiger partial charge >= 0.3 is 0 Å². The van der Waals surface area contributed by atoms with Gasteiger partial charge in [-0.1, -0.05) is 45.0 Å². The molecule has 1 aliphatic heterocycles. The number of aromatic nitrogens is 2. The van der Waals surface area contributed by atoms with Crippen molar-refractivity contribution in [3.05, 3.63) is 70.9 Å². The highest BCUT2D eigenvalue weighted by molar-refractivity contribution is 6.00. The van der Waals surface area contributed by atoms with Crippen molar-refractivity contribution in [3.63, 3.8) is 0 Å². The summed E-state index contributed by atoms with van der Waals surface area (Å²) in [6, 6.07) is 15.9. The molecule has 4 rings (SSSR count). The van der Waals surface area contributed by atoms with Gasteiger partial charge in [0.15, 0.2) is 0 Å². The molecule has 2 N–H and O–H groups in total. The third kappa shape index (κ3) is 2.99. The highest BCUT2D eigenvalue weighted by Gasteiger charge is 2.35. The molecule has 1 unspecified atom stereocenters. The fourth-order valence-electron chi connectivity index (χ4n) is 3.47. The minimum Gasteiger partial charge on any atom is -0.497 e. The molecule has 0 aliphatic carbocycles. The van der Waals surface area contributed by atoms with Crippen molar-refractivity contribution in [2.45, 2.75) is 32.2 Å². The van der Waals surface area contributed by atoms with Crippen molar-refractivity contribution < 1.29 is 9.53 Å². The number of carbonyl (C=O) groups excluding carboxylic acids is 1. The van der Waals surface area contributed by atoms with Crippen molar-refractivity contribution in [2.24, 2.45) is 0 Å². The summed E-state index contributed by atoms with van der Waals surface area (Å²) in [4.78, 5) is 12.4. The predicted molar refractivity (Wildman–Crippen MR) is 105 cm³/mol. The van der Waals surface area contributed by atoms with Crippen LogP contribution < -0.4 is 10.1 Å². The number of amides is 1. The minimum atomic E-state index is -0.211. The second-order valence-electron chi connectivity index (χ2n) is 7.87. The smallest absolute Gasteiger partial charge is 0.270 e. The first-order chi connectivity index (χ1) is 12.9. The van der Waals surface area contributed by atoms with Gasteiger partial charge in [0.1, 0.15) is 11.4 Å². The Balaban J connectivity index is 1.75. The number of nitrogens with zero attached hydrogens (tertiary/aromatic N) is 1. The van der Waals surface area contributed by atoms with Crippen LogP contribution in [0.3, 0.4) is 0 Å². The van der Waals surface area contributed by atoms with E-state index >= 15 is 0 Å². The maximum absolute atomic E-state index is 12.4. The number of methoxy groups -OCH3 is 1. The Labute approximate surface area is 158 Å². The van der Waals surface area contributed by atoms with E-state index in [1.54, 1.807) is 7.11 Å². The molecular weight excluding hydrogens is 338 g/mol. The van der Waals surface area contributed by atoms with Crippen molar-refractivity contribution >= 4 is 5.91 Å². The third-order valence-corrected chi connectivity index (χ3v) is 5.07. The monoisotopic (exact) mass is 361 g/mol. The molecule has 1 aromatic heterocycles. The van der Waals surface area contributed by atoms with Gasteiger partial charge in [0.25, 0.3) is 5.91 Å². The number of H-pyrrole nitrogens is 1. The van der Waals surface area contributed by atoms with Gasteiger partial charge in [-0.25, -0.2) is 0 Å². The van der Waals surface area contributed by atoms with E-state index in [4.69, 9.17) is 4.74 Å². The van der Waals surface area contributed by atoms with Crippen LogP contribution in [0, 0.1) is 0 Å². The molecule has 0 saturated carbocycles. The predicted octanol–water partition coefficient (Wildman–Crippen LogP) is 4.22. The number of carbonyl (C=O) groups is 1. The van der Waals surface area contributed by atoms with Crippen molar-refractivity contribution in [1.29, 1.82) is 0 Å². The summed E-state index contributed by atoms with van der Waals surface area (Å²) >= 11 is 0. The first-order valence-electron chi connectivity index (χ1n) is 9.02. The van der Waals surface area contributed by atoms with Gasteiger partial charge in [0, 0.05) is 11.1 Å². The molecule has 0 fully saturated rings. The molecular formula is C22H23N3O2. The molecule has 27 heavy (non-hydrogen) atoms. The lowest BCUT2D eigenvalue weighted by Gasteiger charge is -2.20. The first-order valence-corrected chi connectivity index (χ1v) is 9.02. The second kappa shape index (κ2) is 6.27. The van der Waals surface area contributed by atoms with Crippen LogP contribution in [-0.2, 0) is 5.41 Å². The summed E-state index contributed by atoms with van der Waals surface area (Å²) in [5.41, 5.74) is 5.56. The molecule has 2 heterocycles. The Morgan fingerprint density at radius 1 is 1.00 bits per heavy atom. The Morgan fingerprint density at radius 2 is 1.67 bits per heavy atom. The van der Waals surface area contributed by atoms with Crippen LogP contribution in [0.25, 0.3) is 11.3 Å². The number of aromatic amines is 1. The number of benzene rings is 2. The largest absolute Gasteiger partial charge is 0.497 e. The highest BCUT2D eigenvalue weighted by atomic mass is 16.5. The topological polar surface area (TPSA) is 67.0 Å². The Kier molecular flexibility index (Phi) is 4.02. The van der Waals surface area contributed by atoms with Crippen LogP contribution in [0.2, 0.25) is 0 Å². The van der Waals surface area contributed by atoms with E-state index in [1.807, 2.05) is 24.3 Å². The summed E-state index contributed by atoms with van der Waals surface area (Å²) in [5, 5.41) is 10.4. The maximum atomic E-state index is 12.4. The van der Waals surface area contributed by atoms with Crippen molar-refractivity contribution in [3.8, 4) is 17.0 Å². The van der Waals surface area contributed by atoms with E-state index in [2.05, 4.69) is 60.6 Å². The summed E-state index contributed by atoms with van der Waals surface area (Å²) in [7, 11) is 1.64. The van der Waals surface area contributed by atoms with E-state index < -0.39 is 0 Å². The fourth-order valence-corrected chi connectivity index (χ4v) is 3.47. The zero-order valence-electron chi connectivity index (χ0n) is 16.0. The lowest BCUT2D eigenvalue weighted by molar-refractivity contribution is 0.0955. The van der Waals surface area contributed by atoms with Crippen molar-refractivity contribution in [2.75, 3.05) is 7.11 Å². The number of hydrogen-bond acceptors (Lipinski definition) is 3. The molecule has 0 saturated heterocycles. The van der Waals surface area contributed by atoms with E-state index in [0.717, 1.165) is 28.1 Å². The molecule has 0 radical (unpaired) electrons. The number of rotatable bonds is 3. The molecule has 1 aliphatic rings. The van der Waals surface area contributed by atoms with Crippen LogP contribution >= 0.6 is 0 Å². The summed E-state index contributed by atoms with van der Waals surface area (Å²) in [5.74, 6) is 0.664. The average molecular weight is 361 g/mol. The van der Waals surface area contributed by atoms with Gasteiger partial charge in [-0.2, -0.15) is 5.10 Å². The molecule has 1 atom stereocenters. The zero-order valence-corrected chi connectivity index (χ0v) is 16.0.